The molecule has 0 aliphatic rings. The molecule has 0 fully saturated rings. The molecule has 0 radical (unpaired) electrons. The van der Waals surface area contributed by atoms with Gasteiger partial charge >= 0.3 is 0 Å². The zero-order chi connectivity index (χ0) is 16.1. The standard InChI is InChI=1S/C19H15ClN2S/c20-17-6-8-18(9-7-17)22-19(21)10-3-14-1-4-15(5-2-14)16-11-12-23-13-16/h1-13H,(H2,21,22)/b10-3+. The molecule has 0 aliphatic carbocycles. The van der Waals surface area contributed by atoms with E-state index < -0.39 is 0 Å². The van der Waals surface area contributed by atoms with Gasteiger partial charge in [0.2, 0.25) is 0 Å². The lowest BCUT2D eigenvalue weighted by Gasteiger charge is -2.04. The van der Waals surface area contributed by atoms with Gasteiger partial charge in [-0.3, -0.25) is 5.41 Å². The Hall–Kier alpha value is -2.36. The zero-order valence-corrected chi connectivity index (χ0v) is 13.9. The van der Waals surface area contributed by atoms with E-state index in [1.54, 1.807) is 29.5 Å². The average Bonchev–Trinajstić information content (AvgIpc) is 3.10. The van der Waals surface area contributed by atoms with Crippen LogP contribution < -0.4 is 5.32 Å². The van der Waals surface area contributed by atoms with Crippen molar-refractivity contribution in [3.63, 3.8) is 0 Å². The van der Waals surface area contributed by atoms with Crippen molar-refractivity contribution in [2.45, 2.75) is 0 Å². The third-order valence-corrected chi connectivity index (χ3v) is 4.27. The number of thiophene rings is 1. The lowest BCUT2D eigenvalue weighted by molar-refractivity contribution is 1.48. The summed E-state index contributed by atoms with van der Waals surface area (Å²) >= 11 is 7.54. The zero-order valence-electron chi connectivity index (χ0n) is 12.3. The minimum atomic E-state index is 0.328. The molecular weight excluding hydrogens is 324 g/mol. The molecule has 0 bridgehead atoms. The van der Waals surface area contributed by atoms with Crippen LogP contribution in [0.25, 0.3) is 17.2 Å². The first kappa shape index (κ1) is 15.5. The number of nitrogens with one attached hydrogen (secondary N) is 2. The van der Waals surface area contributed by atoms with Crippen LogP contribution in [0.4, 0.5) is 5.69 Å². The van der Waals surface area contributed by atoms with E-state index in [0.717, 1.165) is 11.3 Å². The van der Waals surface area contributed by atoms with Gasteiger partial charge in [-0.25, -0.2) is 0 Å². The maximum Gasteiger partial charge on any atom is 0.122 e. The van der Waals surface area contributed by atoms with Gasteiger partial charge in [-0.05, 0) is 63.9 Å². The molecule has 2 N–H and O–H groups in total. The molecule has 114 valence electrons. The summed E-state index contributed by atoms with van der Waals surface area (Å²) in [4.78, 5) is 0. The summed E-state index contributed by atoms with van der Waals surface area (Å²) in [6.45, 7) is 0. The fourth-order valence-corrected chi connectivity index (χ4v) is 2.92. The summed E-state index contributed by atoms with van der Waals surface area (Å²) in [7, 11) is 0. The van der Waals surface area contributed by atoms with Gasteiger partial charge in [-0.1, -0.05) is 41.9 Å². The summed E-state index contributed by atoms with van der Waals surface area (Å²) in [5, 5.41) is 15.9. The van der Waals surface area contributed by atoms with Gasteiger partial charge < -0.3 is 5.32 Å². The van der Waals surface area contributed by atoms with Crippen molar-refractivity contribution < 1.29 is 0 Å². The Morgan fingerprint density at radius 2 is 1.70 bits per heavy atom. The molecule has 2 aromatic carbocycles. The number of anilines is 1. The molecule has 4 heteroatoms. The minimum absolute atomic E-state index is 0.328. The fraction of sp³-hybridized carbons (Fsp3) is 0. The highest BCUT2D eigenvalue weighted by molar-refractivity contribution is 7.08. The number of halogens is 1. The monoisotopic (exact) mass is 338 g/mol. The van der Waals surface area contributed by atoms with Crippen LogP contribution in [0.2, 0.25) is 5.02 Å². The molecule has 0 spiro atoms. The quantitative estimate of drug-likeness (QED) is 0.433. The van der Waals surface area contributed by atoms with Crippen molar-refractivity contribution in [2.75, 3.05) is 5.32 Å². The van der Waals surface area contributed by atoms with E-state index in [0.29, 0.717) is 10.9 Å². The van der Waals surface area contributed by atoms with Crippen LogP contribution in [0, 0.1) is 5.41 Å². The molecule has 23 heavy (non-hydrogen) atoms. The van der Waals surface area contributed by atoms with Gasteiger partial charge in [-0.2, -0.15) is 11.3 Å². The van der Waals surface area contributed by atoms with E-state index in [1.807, 2.05) is 18.2 Å². The maximum absolute atomic E-state index is 7.96. The van der Waals surface area contributed by atoms with E-state index in [1.165, 1.54) is 11.1 Å². The smallest absolute Gasteiger partial charge is 0.122 e. The molecule has 0 saturated carbocycles. The molecule has 0 atom stereocenters. The SMILES string of the molecule is N=C(/C=C/c1ccc(-c2ccsc2)cc1)Nc1ccc(Cl)cc1. The van der Waals surface area contributed by atoms with Crippen LogP contribution in [-0.4, -0.2) is 5.84 Å². The molecule has 0 amide bonds. The molecular formula is C19H15ClN2S. The van der Waals surface area contributed by atoms with E-state index in [4.69, 9.17) is 17.0 Å². The summed E-state index contributed by atoms with van der Waals surface area (Å²) in [6.07, 6.45) is 3.66. The number of benzene rings is 2. The molecule has 0 aliphatic heterocycles. The van der Waals surface area contributed by atoms with E-state index in [-0.39, 0.29) is 0 Å². The fourth-order valence-electron chi connectivity index (χ4n) is 2.13. The predicted octanol–water partition coefficient (Wildman–Crippen LogP) is 6.17. The Labute approximate surface area is 144 Å². The van der Waals surface area contributed by atoms with Gasteiger partial charge in [0.15, 0.2) is 0 Å². The third-order valence-electron chi connectivity index (χ3n) is 3.33. The van der Waals surface area contributed by atoms with Gasteiger partial charge in [0.1, 0.15) is 5.84 Å². The second-order valence-corrected chi connectivity index (χ2v) is 6.23. The van der Waals surface area contributed by atoms with Crippen molar-refractivity contribution in [3.05, 3.63) is 82.0 Å². The van der Waals surface area contributed by atoms with Crippen LogP contribution in [0.15, 0.2) is 71.4 Å². The van der Waals surface area contributed by atoms with Crippen LogP contribution >= 0.6 is 22.9 Å². The van der Waals surface area contributed by atoms with Crippen molar-refractivity contribution in [3.8, 4) is 11.1 Å². The Balaban J connectivity index is 1.63. The number of hydrogen-bond donors (Lipinski definition) is 2. The first-order chi connectivity index (χ1) is 11.2. The van der Waals surface area contributed by atoms with Crippen molar-refractivity contribution in [1.29, 1.82) is 5.41 Å². The van der Waals surface area contributed by atoms with E-state index >= 15 is 0 Å². The first-order valence-electron chi connectivity index (χ1n) is 7.12. The molecule has 0 saturated heterocycles. The number of hydrogen-bond acceptors (Lipinski definition) is 2. The highest BCUT2D eigenvalue weighted by Crippen LogP contribution is 2.22. The largest absolute Gasteiger partial charge is 0.341 e. The Morgan fingerprint density at radius 3 is 2.35 bits per heavy atom. The van der Waals surface area contributed by atoms with Crippen LogP contribution in [0.5, 0.6) is 0 Å². The van der Waals surface area contributed by atoms with E-state index in [9.17, 15) is 0 Å². The second kappa shape index (κ2) is 7.27. The summed E-state index contributed by atoms with van der Waals surface area (Å²) in [6, 6.07) is 17.7. The minimum Gasteiger partial charge on any atom is -0.341 e. The Morgan fingerprint density at radius 1 is 0.957 bits per heavy atom. The lowest BCUT2D eigenvalue weighted by Crippen LogP contribution is -2.06. The van der Waals surface area contributed by atoms with Crippen molar-refractivity contribution >= 4 is 40.5 Å². The molecule has 0 unspecified atom stereocenters. The normalized spacial score (nSPS) is 10.8. The van der Waals surface area contributed by atoms with Crippen LogP contribution in [-0.2, 0) is 0 Å². The highest BCUT2D eigenvalue weighted by Gasteiger charge is 1.98. The number of rotatable bonds is 4. The first-order valence-corrected chi connectivity index (χ1v) is 8.45. The summed E-state index contributed by atoms with van der Waals surface area (Å²) in [5.74, 6) is 0.328. The second-order valence-electron chi connectivity index (χ2n) is 5.01. The lowest BCUT2D eigenvalue weighted by atomic mass is 10.1. The van der Waals surface area contributed by atoms with Gasteiger partial charge in [-0.15, -0.1) is 0 Å². The molecule has 3 aromatic rings. The summed E-state index contributed by atoms with van der Waals surface area (Å²) in [5.41, 5.74) is 4.35. The van der Waals surface area contributed by atoms with Crippen molar-refractivity contribution in [2.24, 2.45) is 0 Å². The van der Waals surface area contributed by atoms with Gasteiger partial charge in [0, 0.05) is 10.7 Å². The maximum atomic E-state index is 7.96. The van der Waals surface area contributed by atoms with Gasteiger partial charge in [0.25, 0.3) is 0 Å². The molecule has 3 rings (SSSR count). The van der Waals surface area contributed by atoms with Crippen molar-refractivity contribution in [1.82, 2.24) is 0 Å². The average molecular weight is 339 g/mol. The third kappa shape index (κ3) is 4.31. The van der Waals surface area contributed by atoms with Crippen LogP contribution in [0.3, 0.4) is 0 Å². The van der Waals surface area contributed by atoms with E-state index in [2.05, 4.69) is 46.4 Å². The Bertz CT molecular complexity index is 804. The highest BCUT2D eigenvalue weighted by atomic mass is 35.5. The molecule has 1 heterocycles. The molecule has 2 nitrogen and oxygen atoms in total. The Kier molecular flexibility index (Phi) is 4.91. The topological polar surface area (TPSA) is 35.9 Å². The number of amidine groups is 1. The molecule has 1 aromatic heterocycles. The van der Waals surface area contributed by atoms with Gasteiger partial charge in [0.05, 0.1) is 0 Å². The summed E-state index contributed by atoms with van der Waals surface area (Å²) < 4.78 is 0. The predicted molar refractivity (Wildman–Crippen MR) is 102 cm³/mol. The van der Waals surface area contributed by atoms with Crippen LogP contribution in [0.1, 0.15) is 5.56 Å².